The number of aryl methyl sites for hydroxylation is 1. The SMILES string of the molecule is CC.CCc1cc(Cl)cn2c(=O)cc(/C(N)=C/C=C\N)nc12. The highest BCUT2D eigenvalue weighted by atomic mass is 35.5. The molecule has 0 saturated carbocycles. The molecule has 5 nitrogen and oxygen atoms in total. The molecule has 0 unspecified atom stereocenters. The van der Waals surface area contributed by atoms with Crippen LogP contribution in [0.3, 0.4) is 0 Å². The maximum atomic E-state index is 12.1. The van der Waals surface area contributed by atoms with Crippen molar-refractivity contribution < 1.29 is 0 Å². The van der Waals surface area contributed by atoms with Gasteiger partial charge in [-0.25, -0.2) is 4.98 Å². The van der Waals surface area contributed by atoms with E-state index < -0.39 is 0 Å². The van der Waals surface area contributed by atoms with Crippen molar-refractivity contribution in [2.45, 2.75) is 27.2 Å². The number of halogens is 1. The molecule has 118 valence electrons. The van der Waals surface area contributed by atoms with Crippen LogP contribution in [0.1, 0.15) is 32.0 Å². The fraction of sp³-hybridized carbons (Fsp3) is 0.250. The largest absolute Gasteiger partial charge is 0.405 e. The van der Waals surface area contributed by atoms with E-state index >= 15 is 0 Å². The summed E-state index contributed by atoms with van der Waals surface area (Å²) in [5.74, 6) is 0. The summed E-state index contributed by atoms with van der Waals surface area (Å²) in [6.07, 6.45) is 6.81. The third-order valence-corrected chi connectivity index (χ3v) is 3.07. The Hall–Kier alpha value is -2.27. The van der Waals surface area contributed by atoms with Crippen molar-refractivity contribution in [3.63, 3.8) is 0 Å². The lowest BCUT2D eigenvalue weighted by molar-refractivity contribution is 0.995. The van der Waals surface area contributed by atoms with Gasteiger partial charge in [0.1, 0.15) is 5.65 Å². The van der Waals surface area contributed by atoms with Crippen LogP contribution in [0.15, 0.2) is 41.5 Å². The van der Waals surface area contributed by atoms with Gasteiger partial charge >= 0.3 is 0 Å². The average Bonchev–Trinajstić information content (AvgIpc) is 2.54. The first kappa shape index (κ1) is 17.8. The van der Waals surface area contributed by atoms with Gasteiger partial charge in [0.25, 0.3) is 5.56 Å². The molecule has 0 bridgehead atoms. The van der Waals surface area contributed by atoms with E-state index in [1.54, 1.807) is 24.4 Å². The van der Waals surface area contributed by atoms with Crippen LogP contribution in [-0.2, 0) is 6.42 Å². The fourth-order valence-electron chi connectivity index (χ4n) is 1.89. The van der Waals surface area contributed by atoms with Crippen LogP contribution in [0.5, 0.6) is 0 Å². The summed E-state index contributed by atoms with van der Waals surface area (Å²) < 4.78 is 1.43. The maximum Gasteiger partial charge on any atom is 0.258 e. The van der Waals surface area contributed by atoms with Crippen molar-refractivity contribution in [3.05, 3.63) is 63.3 Å². The molecule has 22 heavy (non-hydrogen) atoms. The third kappa shape index (κ3) is 3.89. The molecule has 0 fully saturated rings. The second-order valence-corrected chi connectivity index (χ2v) is 4.65. The van der Waals surface area contributed by atoms with Crippen molar-refractivity contribution in [1.29, 1.82) is 0 Å². The van der Waals surface area contributed by atoms with Gasteiger partial charge in [0.2, 0.25) is 0 Å². The maximum absolute atomic E-state index is 12.1. The second kappa shape index (κ2) is 8.24. The summed E-state index contributed by atoms with van der Waals surface area (Å²) in [5, 5.41) is 0.501. The number of pyridine rings is 1. The molecule has 6 heteroatoms. The van der Waals surface area contributed by atoms with Crippen molar-refractivity contribution in [3.8, 4) is 0 Å². The quantitative estimate of drug-likeness (QED) is 0.851. The van der Waals surface area contributed by atoms with Crippen molar-refractivity contribution in [2.24, 2.45) is 11.5 Å². The van der Waals surface area contributed by atoms with Crippen LogP contribution in [0.25, 0.3) is 11.3 Å². The van der Waals surface area contributed by atoms with Crippen LogP contribution in [-0.4, -0.2) is 9.38 Å². The molecule has 0 radical (unpaired) electrons. The summed E-state index contributed by atoms with van der Waals surface area (Å²) >= 11 is 6.00. The van der Waals surface area contributed by atoms with Crippen molar-refractivity contribution in [2.75, 3.05) is 0 Å². The number of nitrogens with zero attached hydrogens (tertiary/aromatic N) is 2. The van der Waals surface area contributed by atoms with Gasteiger partial charge in [-0.15, -0.1) is 0 Å². The zero-order valence-corrected chi connectivity index (χ0v) is 13.8. The predicted molar refractivity (Wildman–Crippen MR) is 92.7 cm³/mol. The first-order chi connectivity index (χ1) is 10.6. The molecule has 2 rings (SSSR count). The highest BCUT2D eigenvalue weighted by Crippen LogP contribution is 2.16. The predicted octanol–water partition coefficient (Wildman–Crippen LogP) is 2.71. The van der Waals surface area contributed by atoms with Gasteiger partial charge < -0.3 is 11.5 Å². The normalized spacial score (nSPS) is 11.5. The first-order valence-corrected chi connectivity index (χ1v) is 7.51. The highest BCUT2D eigenvalue weighted by Gasteiger charge is 2.08. The summed E-state index contributed by atoms with van der Waals surface area (Å²) in [6.45, 7) is 5.97. The van der Waals surface area contributed by atoms with Crippen LogP contribution >= 0.6 is 11.6 Å². The molecular weight excluding hydrogens is 300 g/mol. The van der Waals surface area contributed by atoms with Crippen LogP contribution in [0.2, 0.25) is 5.02 Å². The topological polar surface area (TPSA) is 86.4 Å². The number of rotatable bonds is 3. The Labute approximate surface area is 134 Å². The van der Waals surface area contributed by atoms with Crippen molar-refractivity contribution >= 4 is 22.9 Å². The van der Waals surface area contributed by atoms with Crippen molar-refractivity contribution in [1.82, 2.24) is 9.38 Å². The van der Waals surface area contributed by atoms with E-state index in [1.807, 2.05) is 20.8 Å². The van der Waals surface area contributed by atoms with Gasteiger partial charge in [-0.2, -0.15) is 0 Å². The minimum absolute atomic E-state index is 0.227. The van der Waals surface area contributed by atoms with Gasteiger partial charge in [-0.3, -0.25) is 9.20 Å². The second-order valence-electron chi connectivity index (χ2n) is 4.22. The van der Waals surface area contributed by atoms with E-state index in [9.17, 15) is 4.79 Å². The number of fused-ring (bicyclic) bond motifs is 1. The molecular formula is C16H21ClN4O. The van der Waals surface area contributed by atoms with Gasteiger partial charge in [0.15, 0.2) is 0 Å². The minimum Gasteiger partial charge on any atom is -0.405 e. The van der Waals surface area contributed by atoms with Gasteiger partial charge in [0, 0.05) is 12.3 Å². The standard InChI is InChI=1S/C14H15ClN4O.C2H6/c1-2-9-6-10(15)8-19-13(20)7-12(18-14(9)19)11(17)4-3-5-16;1-2/h3-8H,2,16-17H2,1H3;1-2H3/b5-3-,11-4-;. The number of hydrogen-bond donors (Lipinski definition) is 2. The van der Waals surface area contributed by atoms with E-state index in [-0.39, 0.29) is 5.56 Å². The Kier molecular flexibility index (Phi) is 6.66. The minimum atomic E-state index is -0.227. The molecule has 0 atom stereocenters. The Bertz CT molecular complexity index is 763. The summed E-state index contributed by atoms with van der Waals surface area (Å²) in [5.41, 5.74) is 13.2. The molecule has 0 saturated heterocycles. The van der Waals surface area contributed by atoms with Gasteiger partial charge in [0.05, 0.1) is 16.4 Å². The summed E-state index contributed by atoms with van der Waals surface area (Å²) in [6, 6.07) is 3.17. The molecule has 0 aliphatic rings. The number of hydrogen-bond acceptors (Lipinski definition) is 4. The Morgan fingerprint density at radius 1 is 1.41 bits per heavy atom. The summed E-state index contributed by atoms with van der Waals surface area (Å²) in [7, 11) is 0. The molecule has 0 spiro atoms. The van der Waals surface area contributed by atoms with Gasteiger partial charge in [-0.05, 0) is 36.4 Å². The number of allylic oxidation sites excluding steroid dienone is 2. The lowest BCUT2D eigenvalue weighted by atomic mass is 10.2. The zero-order chi connectivity index (χ0) is 16.7. The fourth-order valence-corrected chi connectivity index (χ4v) is 2.12. The van der Waals surface area contributed by atoms with Crippen LogP contribution < -0.4 is 17.0 Å². The molecule has 0 aromatic carbocycles. The van der Waals surface area contributed by atoms with Gasteiger partial charge in [-0.1, -0.05) is 32.4 Å². The number of nitrogens with two attached hydrogens (primary N) is 2. The smallest absolute Gasteiger partial charge is 0.258 e. The molecule has 2 aromatic heterocycles. The molecule has 0 aliphatic carbocycles. The molecule has 0 amide bonds. The van der Waals surface area contributed by atoms with E-state index in [0.717, 1.165) is 5.56 Å². The monoisotopic (exact) mass is 320 g/mol. The summed E-state index contributed by atoms with van der Waals surface area (Å²) in [4.78, 5) is 16.6. The average molecular weight is 321 g/mol. The zero-order valence-electron chi connectivity index (χ0n) is 13.0. The van der Waals surface area contributed by atoms with E-state index in [4.69, 9.17) is 23.1 Å². The Morgan fingerprint density at radius 2 is 2.09 bits per heavy atom. The molecule has 0 aliphatic heterocycles. The molecule has 4 N–H and O–H groups in total. The van der Waals surface area contributed by atoms with E-state index in [2.05, 4.69) is 4.98 Å². The molecule has 2 aromatic rings. The van der Waals surface area contributed by atoms with E-state index in [0.29, 0.717) is 28.5 Å². The van der Waals surface area contributed by atoms with Crippen LogP contribution in [0.4, 0.5) is 0 Å². The Morgan fingerprint density at radius 3 is 2.68 bits per heavy atom. The molecule has 2 heterocycles. The lowest BCUT2D eigenvalue weighted by Gasteiger charge is -2.08. The first-order valence-electron chi connectivity index (χ1n) is 7.13. The highest BCUT2D eigenvalue weighted by molar-refractivity contribution is 6.30. The Balaban J connectivity index is 0.00000116. The lowest BCUT2D eigenvalue weighted by Crippen LogP contribution is -2.17. The van der Waals surface area contributed by atoms with Crippen LogP contribution in [0, 0.1) is 0 Å². The third-order valence-electron chi connectivity index (χ3n) is 2.87. The number of aromatic nitrogens is 2. The van der Waals surface area contributed by atoms with E-state index in [1.165, 1.54) is 16.7 Å².